The van der Waals surface area contributed by atoms with Crippen LogP contribution >= 0.6 is 23.1 Å². The maximum atomic E-state index is 11.8. The summed E-state index contributed by atoms with van der Waals surface area (Å²) in [6, 6.07) is -0.360. The molecule has 1 aromatic rings. The highest BCUT2D eigenvalue weighted by Crippen LogP contribution is 2.31. The van der Waals surface area contributed by atoms with Crippen molar-refractivity contribution in [3.63, 3.8) is 0 Å². The quantitative estimate of drug-likeness (QED) is 0.585. The average molecular weight is 304 g/mol. The molecule has 7 nitrogen and oxygen atoms in total. The van der Waals surface area contributed by atoms with Gasteiger partial charge in [0, 0.05) is 23.6 Å². The topological polar surface area (TPSA) is 120 Å². The summed E-state index contributed by atoms with van der Waals surface area (Å²) in [6.07, 6.45) is 0.650. The molecule has 2 rings (SSSR count). The number of carboxylic acids is 1. The van der Waals surface area contributed by atoms with Gasteiger partial charge >= 0.3 is 5.97 Å². The Bertz CT molecular complexity index is 502. The van der Waals surface area contributed by atoms with Crippen LogP contribution in [0.1, 0.15) is 33.1 Å². The van der Waals surface area contributed by atoms with Crippen LogP contribution in [0.15, 0.2) is 5.38 Å². The van der Waals surface area contributed by atoms with Gasteiger partial charge in [-0.05, 0) is 6.42 Å². The number of amides is 1. The Morgan fingerprint density at radius 2 is 2.21 bits per heavy atom. The number of hydrogen-bond donors (Lipinski definition) is 4. The van der Waals surface area contributed by atoms with Gasteiger partial charge in [-0.25, -0.2) is 9.78 Å². The maximum absolute atomic E-state index is 11.8. The van der Waals surface area contributed by atoms with E-state index in [0.717, 1.165) is 23.1 Å². The zero-order valence-corrected chi connectivity index (χ0v) is 11.3. The van der Waals surface area contributed by atoms with Crippen LogP contribution in [0.25, 0.3) is 0 Å². The van der Waals surface area contributed by atoms with Crippen molar-refractivity contribution in [3.05, 3.63) is 16.1 Å². The lowest BCUT2D eigenvalue weighted by Crippen LogP contribution is -2.44. The molecule has 4 N–H and O–H groups in total. The zero-order chi connectivity index (χ0) is 14.0. The van der Waals surface area contributed by atoms with Crippen molar-refractivity contribution in [2.45, 2.75) is 24.0 Å². The summed E-state index contributed by atoms with van der Waals surface area (Å²) in [7, 11) is 0. The predicted octanol–water partition coefficient (Wildman–Crippen LogP) is 0.105. The number of carbonyl (C=O) groups excluding carboxylic acids is 1. The molecule has 1 aliphatic rings. The molecule has 1 unspecified atom stereocenters. The lowest BCUT2D eigenvalue weighted by molar-refractivity contribution is -0.0894. The van der Waals surface area contributed by atoms with E-state index < -0.39 is 17.0 Å². The normalized spacial score (nSPS) is 21.9. The third kappa shape index (κ3) is 3.66. The molecule has 0 saturated carbocycles. The van der Waals surface area contributed by atoms with E-state index in [1.165, 1.54) is 5.38 Å². The fraction of sp³-hybridized carbons (Fsp3) is 0.500. The van der Waals surface area contributed by atoms with E-state index in [2.05, 4.69) is 10.3 Å². The van der Waals surface area contributed by atoms with Crippen molar-refractivity contribution < 1.29 is 24.9 Å². The second-order valence-corrected chi connectivity index (χ2v) is 6.31. The number of aromatic carboxylic acids is 1. The van der Waals surface area contributed by atoms with Gasteiger partial charge in [-0.1, -0.05) is 11.8 Å². The van der Waals surface area contributed by atoms with E-state index in [0.29, 0.717) is 12.2 Å². The van der Waals surface area contributed by atoms with Crippen LogP contribution in [-0.2, 0) is 0 Å². The number of hydrogen-bond acceptors (Lipinski definition) is 7. The molecule has 1 saturated heterocycles. The van der Waals surface area contributed by atoms with Crippen molar-refractivity contribution in [3.8, 4) is 0 Å². The van der Waals surface area contributed by atoms with Crippen molar-refractivity contribution in [2.75, 3.05) is 5.75 Å². The molecule has 0 aliphatic carbocycles. The molecule has 1 aliphatic heterocycles. The first-order chi connectivity index (χ1) is 8.87. The van der Waals surface area contributed by atoms with Gasteiger partial charge in [0.15, 0.2) is 10.7 Å². The van der Waals surface area contributed by atoms with Crippen molar-refractivity contribution >= 4 is 35.0 Å². The fourth-order valence-electron chi connectivity index (χ4n) is 1.69. The molecule has 1 amide bonds. The molecule has 19 heavy (non-hydrogen) atoms. The standard InChI is InChI=1S/C10H12N2O5S2/c13-7(8-12-6(4-18-8)9(14)15)11-5-1-2-19-10(16,17)3-5/h4-5,16-17H,1-3H2,(H,11,13)(H,14,15). The average Bonchev–Trinajstić information content (AvgIpc) is 2.76. The third-order valence-electron chi connectivity index (χ3n) is 2.56. The first-order valence-corrected chi connectivity index (χ1v) is 7.32. The van der Waals surface area contributed by atoms with Gasteiger partial charge in [0.1, 0.15) is 0 Å². The summed E-state index contributed by atoms with van der Waals surface area (Å²) >= 11 is 1.96. The fourth-order valence-corrected chi connectivity index (χ4v) is 3.44. The van der Waals surface area contributed by atoms with Gasteiger partial charge in [-0.2, -0.15) is 0 Å². The zero-order valence-electron chi connectivity index (χ0n) is 9.70. The number of nitrogens with one attached hydrogen (secondary N) is 1. The summed E-state index contributed by atoms with van der Waals surface area (Å²) < 4.78 is 0. The number of carboxylic acid groups (broad SMARTS) is 1. The number of carbonyl (C=O) groups is 2. The number of nitrogens with zero attached hydrogens (tertiary/aromatic N) is 1. The highest BCUT2D eigenvalue weighted by Gasteiger charge is 2.34. The van der Waals surface area contributed by atoms with E-state index in [9.17, 15) is 19.8 Å². The molecule has 0 bridgehead atoms. The number of rotatable bonds is 3. The number of aliphatic hydroxyl groups is 2. The lowest BCUT2D eigenvalue weighted by Gasteiger charge is -2.31. The minimum Gasteiger partial charge on any atom is -0.476 e. The van der Waals surface area contributed by atoms with Crippen LogP contribution in [0.2, 0.25) is 0 Å². The van der Waals surface area contributed by atoms with Gasteiger partial charge in [-0.15, -0.1) is 11.3 Å². The number of thiazole rings is 1. The highest BCUT2D eigenvalue weighted by molar-refractivity contribution is 8.00. The van der Waals surface area contributed by atoms with Gasteiger partial charge in [-0.3, -0.25) is 4.79 Å². The van der Waals surface area contributed by atoms with Crippen LogP contribution in [-0.4, -0.2) is 49.1 Å². The van der Waals surface area contributed by atoms with Gasteiger partial charge in [0.2, 0.25) is 5.12 Å². The Morgan fingerprint density at radius 1 is 1.47 bits per heavy atom. The monoisotopic (exact) mass is 304 g/mol. The summed E-state index contributed by atoms with van der Waals surface area (Å²) in [4.78, 5) is 26.2. The Balaban J connectivity index is 1.98. The van der Waals surface area contributed by atoms with Crippen LogP contribution < -0.4 is 5.32 Å². The Morgan fingerprint density at radius 3 is 2.79 bits per heavy atom. The van der Waals surface area contributed by atoms with Crippen LogP contribution in [0.4, 0.5) is 0 Å². The second kappa shape index (κ2) is 5.45. The van der Waals surface area contributed by atoms with Crippen molar-refractivity contribution in [1.29, 1.82) is 0 Å². The smallest absolute Gasteiger partial charge is 0.355 e. The number of aromatic nitrogens is 1. The first kappa shape index (κ1) is 14.3. The second-order valence-electron chi connectivity index (χ2n) is 4.10. The molecule has 9 heteroatoms. The van der Waals surface area contributed by atoms with E-state index in [1.54, 1.807) is 0 Å². The summed E-state index contributed by atoms with van der Waals surface area (Å²) in [6.45, 7) is 0. The van der Waals surface area contributed by atoms with Crippen LogP contribution in [0, 0.1) is 0 Å². The van der Waals surface area contributed by atoms with Gasteiger partial charge in [0.05, 0.1) is 0 Å². The largest absolute Gasteiger partial charge is 0.476 e. The molecule has 1 atom stereocenters. The summed E-state index contributed by atoms with van der Waals surface area (Å²) in [5.74, 6) is -1.16. The molecular formula is C10H12N2O5S2. The Hall–Kier alpha value is -1.16. The highest BCUT2D eigenvalue weighted by atomic mass is 32.2. The molecule has 104 valence electrons. The van der Waals surface area contributed by atoms with E-state index >= 15 is 0 Å². The molecular weight excluding hydrogens is 292 g/mol. The molecule has 2 heterocycles. The number of thioether (sulfide) groups is 1. The third-order valence-corrected chi connectivity index (χ3v) is 4.47. The van der Waals surface area contributed by atoms with Crippen LogP contribution in [0.3, 0.4) is 0 Å². The van der Waals surface area contributed by atoms with E-state index in [1.807, 2.05) is 0 Å². The van der Waals surface area contributed by atoms with Crippen LogP contribution in [0.5, 0.6) is 0 Å². The SMILES string of the molecule is O=C(O)c1csc(C(=O)NC2CCSC(O)(O)C2)n1. The summed E-state index contributed by atoms with van der Waals surface area (Å²) in [5, 5.41) is 29.8. The molecule has 1 fully saturated rings. The van der Waals surface area contributed by atoms with Crippen molar-refractivity contribution in [2.24, 2.45) is 0 Å². The van der Waals surface area contributed by atoms with Gasteiger partial charge < -0.3 is 20.6 Å². The van der Waals surface area contributed by atoms with Crippen molar-refractivity contribution in [1.82, 2.24) is 10.3 Å². The van der Waals surface area contributed by atoms with E-state index in [4.69, 9.17) is 5.11 Å². The minimum atomic E-state index is -1.83. The molecule has 0 aromatic carbocycles. The Kier molecular flexibility index (Phi) is 4.09. The predicted molar refractivity (Wildman–Crippen MR) is 69.2 cm³/mol. The molecule has 1 aromatic heterocycles. The molecule has 0 spiro atoms. The minimum absolute atomic E-state index is 0.0283. The molecule has 0 radical (unpaired) electrons. The maximum Gasteiger partial charge on any atom is 0.355 e. The Labute approximate surface area is 116 Å². The summed E-state index contributed by atoms with van der Waals surface area (Å²) in [5.41, 5.74) is -0.173. The van der Waals surface area contributed by atoms with E-state index in [-0.39, 0.29) is 23.2 Å². The first-order valence-electron chi connectivity index (χ1n) is 5.46. The lowest BCUT2D eigenvalue weighted by atomic mass is 10.1. The van der Waals surface area contributed by atoms with Gasteiger partial charge in [0.25, 0.3) is 5.91 Å².